The summed E-state index contributed by atoms with van der Waals surface area (Å²) in [6, 6.07) is -0.997. The van der Waals surface area contributed by atoms with E-state index in [1.807, 2.05) is 0 Å². The van der Waals surface area contributed by atoms with E-state index in [-0.39, 0.29) is 0 Å². The Kier molecular flexibility index (Phi) is 41.4. The van der Waals surface area contributed by atoms with Crippen molar-refractivity contribution in [2.45, 2.75) is 276 Å². The first kappa shape index (κ1) is 52.0. The standard InChI is InChI=1S/C47H93NO5/c1-3-5-7-9-11-13-15-17-18-19-20-21-22-23-24-25-26-27-29-30-32-34-36-38-40-44(50)46(52)43(42-49)48-47(53)45(51)41-39-37-35-33-31-28-16-14-12-10-8-6-4-2/h32,34,43-46,49-52H,3-31,33,35-42H2,1-2H3,(H,48,53)/b34-32+. The number of rotatable bonds is 43. The van der Waals surface area contributed by atoms with Crippen LogP contribution >= 0.6 is 0 Å². The van der Waals surface area contributed by atoms with E-state index in [0.29, 0.717) is 12.8 Å². The van der Waals surface area contributed by atoms with Crippen molar-refractivity contribution in [1.29, 1.82) is 0 Å². The second-order valence-corrected chi connectivity index (χ2v) is 16.5. The molecule has 6 heteroatoms. The van der Waals surface area contributed by atoms with Gasteiger partial charge in [0, 0.05) is 0 Å². The van der Waals surface area contributed by atoms with E-state index in [0.717, 1.165) is 38.5 Å². The Morgan fingerprint density at radius 2 is 0.774 bits per heavy atom. The van der Waals surface area contributed by atoms with Crippen molar-refractivity contribution < 1.29 is 25.2 Å². The number of carbonyl (C=O) groups is 1. The van der Waals surface area contributed by atoms with Crippen LogP contribution in [0.3, 0.4) is 0 Å². The molecule has 1 amide bonds. The van der Waals surface area contributed by atoms with Gasteiger partial charge in [0.05, 0.1) is 18.8 Å². The van der Waals surface area contributed by atoms with Crippen molar-refractivity contribution in [3.8, 4) is 0 Å². The Morgan fingerprint density at radius 3 is 1.13 bits per heavy atom. The molecular formula is C47H93NO5. The number of allylic oxidation sites excluding steroid dienone is 2. The summed E-state index contributed by atoms with van der Waals surface area (Å²) < 4.78 is 0. The van der Waals surface area contributed by atoms with Gasteiger partial charge in [0.2, 0.25) is 5.91 Å². The summed E-state index contributed by atoms with van der Waals surface area (Å²) in [5, 5.41) is 43.7. The van der Waals surface area contributed by atoms with Gasteiger partial charge < -0.3 is 25.7 Å². The van der Waals surface area contributed by atoms with Crippen LogP contribution in [0.25, 0.3) is 0 Å². The quantitative estimate of drug-likeness (QED) is 0.0315. The molecule has 0 fully saturated rings. The van der Waals surface area contributed by atoms with Crippen LogP contribution in [0.1, 0.15) is 251 Å². The number of carbonyl (C=O) groups excluding carboxylic acids is 1. The molecule has 0 radical (unpaired) electrons. The van der Waals surface area contributed by atoms with Crippen molar-refractivity contribution in [2.24, 2.45) is 0 Å². The average Bonchev–Trinajstić information content (AvgIpc) is 3.16. The fraction of sp³-hybridized carbons (Fsp3) is 0.936. The third-order valence-corrected chi connectivity index (χ3v) is 11.2. The molecule has 0 bridgehead atoms. The number of unbranched alkanes of at least 4 members (excludes halogenated alkanes) is 32. The molecule has 4 unspecified atom stereocenters. The zero-order chi connectivity index (χ0) is 38.9. The van der Waals surface area contributed by atoms with Gasteiger partial charge in [0.15, 0.2) is 0 Å². The number of nitrogens with one attached hydrogen (secondary N) is 1. The van der Waals surface area contributed by atoms with Crippen molar-refractivity contribution >= 4 is 5.91 Å². The van der Waals surface area contributed by atoms with E-state index in [9.17, 15) is 25.2 Å². The van der Waals surface area contributed by atoms with Gasteiger partial charge in [-0.05, 0) is 38.5 Å². The zero-order valence-electron chi connectivity index (χ0n) is 35.5. The summed E-state index contributed by atoms with van der Waals surface area (Å²) in [7, 11) is 0. The molecule has 0 aromatic heterocycles. The number of hydrogen-bond acceptors (Lipinski definition) is 5. The monoisotopic (exact) mass is 752 g/mol. The van der Waals surface area contributed by atoms with E-state index >= 15 is 0 Å². The van der Waals surface area contributed by atoms with E-state index in [4.69, 9.17) is 0 Å². The lowest BCUT2D eigenvalue weighted by Gasteiger charge is -2.27. The lowest BCUT2D eigenvalue weighted by Crippen LogP contribution is -2.53. The lowest BCUT2D eigenvalue weighted by molar-refractivity contribution is -0.132. The summed E-state index contributed by atoms with van der Waals surface area (Å²) in [5.41, 5.74) is 0. The number of hydrogen-bond donors (Lipinski definition) is 5. The third kappa shape index (κ3) is 36.4. The number of aliphatic hydroxyl groups excluding tert-OH is 4. The van der Waals surface area contributed by atoms with Crippen molar-refractivity contribution in [1.82, 2.24) is 5.32 Å². The summed E-state index contributed by atoms with van der Waals surface area (Å²) in [6.07, 6.45) is 46.9. The van der Waals surface area contributed by atoms with Crippen LogP contribution in [-0.4, -0.2) is 57.3 Å². The van der Waals surface area contributed by atoms with Gasteiger partial charge in [-0.2, -0.15) is 0 Å². The highest BCUT2D eigenvalue weighted by Crippen LogP contribution is 2.17. The third-order valence-electron chi connectivity index (χ3n) is 11.2. The molecule has 0 aromatic carbocycles. The van der Waals surface area contributed by atoms with Crippen LogP contribution in [-0.2, 0) is 4.79 Å². The van der Waals surface area contributed by atoms with Gasteiger partial charge in [-0.15, -0.1) is 0 Å². The lowest BCUT2D eigenvalue weighted by atomic mass is 10.00. The molecule has 0 spiro atoms. The fourth-order valence-electron chi connectivity index (χ4n) is 7.46. The Hall–Kier alpha value is -0.950. The molecule has 0 aliphatic carbocycles. The average molecular weight is 752 g/mol. The van der Waals surface area contributed by atoms with Crippen molar-refractivity contribution in [3.63, 3.8) is 0 Å². The van der Waals surface area contributed by atoms with Gasteiger partial charge in [-0.25, -0.2) is 0 Å². The van der Waals surface area contributed by atoms with Crippen LogP contribution < -0.4 is 5.32 Å². The minimum Gasteiger partial charge on any atom is -0.394 e. The summed E-state index contributed by atoms with van der Waals surface area (Å²) in [6.45, 7) is 4.05. The van der Waals surface area contributed by atoms with Crippen LogP contribution in [0.5, 0.6) is 0 Å². The van der Waals surface area contributed by atoms with Crippen molar-refractivity contribution in [2.75, 3.05) is 6.61 Å². The van der Waals surface area contributed by atoms with Crippen molar-refractivity contribution in [3.05, 3.63) is 12.2 Å². The molecule has 0 aliphatic rings. The molecule has 0 saturated carbocycles. The molecule has 4 atom stereocenters. The highest BCUT2D eigenvalue weighted by atomic mass is 16.3. The van der Waals surface area contributed by atoms with E-state index in [1.165, 1.54) is 186 Å². The Bertz CT molecular complexity index is 761. The maximum Gasteiger partial charge on any atom is 0.249 e. The predicted octanol–water partition coefficient (Wildman–Crippen LogP) is 12.6. The molecule has 316 valence electrons. The maximum atomic E-state index is 12.5. The summed E-state index contributed by atoms with van der Waals surface area (Å²) in [5.74, 6) is -0.591. The van der Waals surface area contributed by atoms with E-state index in [2.05, 4.69) is 31.3 Å². The van der Waals surface area contributed by atoms with Gasteiger partial charge in [0.25, 0.3) is 0 Å². The second-order valence-electron chi connectivity index (χ2n) is 16.5. The first-order chi connectivity index (χ1) is 26.0. The smallest absolute Gasteiger partial charge is 0.249 e. The van der Waals surface area contributed by atoms with Gasteiger partial charge >= 0.3 is 0 Å². The molecule has 0 saturated heterocycles. The van der Waals surface area contributed by atoms with Crippen LogP contribution in [0.4, 0.5) is 0 Å². The minimum absolute atomic E-state index is 0.367. The Labute approximate surface area is 330 Å². The summed E-state index contributed by atoms with van der Waals surface area (Å²) >= 11 is 0. The van der Waals surface area contributed by atoms with Crippen LogP contribution in [0, 0.1) is 0 Å². The highest BCUT2D eigenvalue weighted by molar-refractivity contribution is 5.80. The van der Waals surface area contributed by atoms with E-state index in [1.54, 1.807) is 0 Å². The topological polar surface area (TPSA) is 110 Å². The minimum atomic E-state index is -1.28. The van der Waals surface area contributed by atoms with Gasteiger partial charge in [0.1, 0.15) is 12.2 Å². The van der Waals surface area contributed by atoms with Crippen LogP contribution in [0.15, 0.2) is 12.2 Å². The molecule has 0 heterocycles. The van der Waals surface area contributed by atoms with Crippen LogP contribution in [0.2, 0.25) is 0 Å². The first-order valence-corrected chi connectivity index (χ1v) is 23.6. The Balaban J connectivity index is 3.68. The molecule has 53 heavy (non-hydrogen) atoms. The normalized spacial score (nSPS) is 14.2. The van der Waals surface area contributed by atoms with E-state index < -0.39 is 36.9 Å². The first-order valence-electron chi connectivity index (χ1n) is 23.6. The summed E-state index contributed by atoms with van der Waals surface area (Å²) in [4.78, 5) is 12.5. The fourth-order valence-corrected chi connectivity index (χ4v) is 7.46. The Morgan fingerprint density at radius 1 is 0.453 bits per heavy atom. The van der Waals surface area contributed by atoms with Gasteiger partial charge in [-0.1, -0.05) is 225 Å². The molecule has 5 N–H and O–H groups in total. The van der Waals surface area contributed by atoms with Gasteiger partial charge in [-0.3, -0.25) is 4.79 Å². The second kappa shape index (κ2) is 42.2. The zero-order valence-corrected chi connectivity index (χ0v) is 35.5. The maximum absolute atomic E-state index is 12.5. The predicted molar refractivity (Wildman–Crippen MR) is 228 cm³/mol. The highest BCUT2D eigenvalue weighted by Gasteiger charge is 2.28. The molecule has 0 aliphatic heterocycles. The largest absolute Gasteiger partial charge is 0.394 e. The SMILES string of the molecule is CCCCCCCCCCCCCCCCCCCCC/C=C/CCCC(O)C(O)C(CO)NC(=O)C(O)CCCCCCCCCCCCCCC. The number of amides is 1. The molecule has 0 aromatic rings. The number of aliphatic hydroxyl groups is 4. The molecule has 0 rings (SSSR count). The molecule has 6 nitrogen and oxygen atoms in total. The molecular weight excluding hydrogens is 659 g/mol.